The molecule has 1 aliphatic rings. The van der Waals surface area contributed by atoms with Gasteiger partial charge in [-0.1, -0.05) is 19.9 Å². The number of piperidine rings is 1. The van der Waals surface area contributed by atoms with Gasteiger partial charge in [-0.2, -0.15) is 0 Å². The van der Waals surface area contributed by atoms with Crippen LogP contribution in [0.3, 0.4) is 0 Å². The van der Waals surface area contributed by atoms with E-state index in [1.54, 1.807) is 6.08 Å². The smallest absolute Gasteiger partial charge is 0.330 e. The van der Waals surface area contributed by atoms with Crippen LogP contribution in [0.5, 0.6) is 0 Å². The van der Waals surface area contributed by atoms with Crippen LogP contribution >= 0.6 is 0 Å². The third-order valence-corrected chi connectivity index (χ3v) is 4.05. The lowest BCUT2D eigenvalue weighted by Gasteiger charge is -2.34. The second-order valence-corrected chi connectivity index (χ2v) is 7.27. The molecule has 7 nitrogen and oxygen atoms in total. The third kappa shape index (κ3) is 5.99. The highest BCUT2D eigenvalue weighted by molar-refractivity contribution is 6.38. The molecule has 1 fully saturated rings. The Kier molecular flexibility index (Phi) is 7.33. The second-order valence-electron chi connectivity index (χ2n) is 7.27. The van der Waals surface area contributed by atoms with Crippen molar-refractivity contribution in [1.29, 1.82) is 0 Å². The first-order valence-electron chi connectivity index (χ1n) is 8.49. The maximum Gasteiger partial charge on any atom is 0.330 e. The van der Waals surface area contributed by atoms with Gasteiger partial charge in [0, 0.05) is 12.6 Å². The number of ether oxygens (including phenoxy) is 1. The Hall–Kier alpha value is -2.18. The number of rotatable bonds is 7. The minimum absolute atomic E-state index is 0.191. The van der Waals surface area contributed by atoms with E-state index in [1.165, 1.54) is 19.9 Å². The number of nitrogens with zero attached hydrogens (tertiary/aromatic N) is 1. The number of hydrogen-bond acceptors (Lipinski definition) is 5. The van der Waals surface area contributed by atoms with Gasteiger partial charge in [-0.05, 0) is 39.0 Å². The summed E-state index contributed by atoms with van der Waals surface area (Å²) in [5.41, 5.74) is -1.22. The fourth-order valence-corrected chi connectivity index (χ4v) is 2.49. The molecule has 1 amide bonds. The second kappa shape index (κ2) is 8.78. The Morgan fingerprint density at radius 1 is 1.24 bits per heavy atom. The van der Waals surface area contributed by atoms with Crippen LogP contribution in [-0.2, 0) is 23.9 Å². The summed E-state index contributed by atoms with van der Waals surface area (Å²) in [6.45, 7) is 6.83. The number of carboxylic acid groups (broad SMARTS) is 1. The van der Waals surface area contributed by atoms with Gasteiger partial charge in [0.2, 0.25) is 5.78 Å². The minimum Gasteiger partial charge on any atom is -0.480 e. The molecule has 0 bridgehead atoms. The summed E-state index contributed by atoms with van der Waals surface area (Å²) in [6.07, 6.45) is 4.67. The molecule has 0 spiro atoms. The Morgan fingerprint density at radius 3 is 2.44 bits per heavy atom. The van der Waals surface area contributed by atoms with E-state index in [0.717, 1.165) is 4.90 Å². The first-order valence-corrected chi connectivity index (χ1v) is 8.49. The third-order valence-electron chi connectivity index (χ3n) is 4.05. The van der Waals surface area contributed by atoms with Gasteiger partial charge in [-0.3, -0.25) is 9.59 Å². The highest BCUT2D eigenvalue weighted by Gasteiger charge is 2.41. The van der Waals surface area contributed by atoms with Gasteiger partial charge in [0.1, 0.15) is 12.6 Å². The number of hydrogen-bond donors (Lipinski definition) is 1. The quantitative estimate of drug-likeness (QED) is 0.425. The molecule has 1 heterocycles. The molecule has 0 saturated carbocycles. The number of esters is 1. The van der Waals surface area contributed by atoms with Gasteiger partial charge in [-0.25, -0.2) is 9.59 Å². The van der Waals surface area contributed by atoms with Crippen LogP contribution < -0.4 is 0 Å². The average molecular weight is 353 g/mol. The van der Waals surface area contributed by atoms with Gasteiger partial charge < -0.3 is 14.7 Å². The summed E-state index contributed by atoms with van der Waals surface area (Å²) in [6, 6.07) is -0.975. The van der Waals surface area contributed by atoms with E-state index in [9.17, 15) is 24.3 Å². The number of Topliss-reactive ketones (excluding diaryl/α,β-unsaturated/α-hetero) is 1. The number of likely N-dealkylation sites (tertiary alicyclic amines) is 1. The first kappa shape index (κ1) is 20.9. The van der Waals surface area contributed by atoms with Gasteiger partial charge in [0.25, 0.3) is 5.91 Å². The van der Waals surface area contributed by atoms with Crippen molar-refractivity contribution in [2.24, 2.45) is 11.3 Å². The number of carboxylic acids is 1. The fourth-order valence-electron chi connectivity index (χ4n) is 2.49. The lowest BCUT2D eigenvalue weighted by atomic mass is 9.87. The van der Waals surface area contributed by atoms with E-state index >= 15 is 0 Å². The molecule has 1 atom stereocenters. The summed E-state index contributed by atoms with van der Waals surface area (Å²) in [4.78, 5) is 49.1. The predicted molar refractivity (Wildman–Crippen MR) is 90.7 cm³/mol. The van der Waals surface area contributed by atoms with Crippen molar-refractivity contribution in [2.75, 3.05) is 13.2 Å². The van der Waals surface area contributed by atoms with Crippen LogP contribution in [0.25, 0.3) is 0 Å². The number of ketones is 1. The summed E-state index contributed by atoms with van der Waals surface area (Å²) in [5, 5.41) is 9.24. The molecule has 25 heavy (non-hydrogen) atoms. The normalized spacial score (nSPS) is 18.4. The van der Waals surface area contributed by atoms with Crippen molar-refractivity contribution in [3.8, 4) is 0 Å². The molecular formula is C18H27NO6. The highest BCUT2D eigenvalue weighted by Crippen LogP contribution is 2.23. The zero-order valence-corrected chi connectivity index (χ0v) is 15.3. The van der Waals surface area contributed by atoms with Crippen LogP contribution in [0.15, 0.2) is 12.2 Å². The monoisotopic (exact) mass is 353 g/mol. The number of carbonyl (C=O) groups is 4. The molecule has 1 saturated heterocycles. The van der Waals surface area contributed by atoms with E-state index < -0.39 is 35.1 Å². The molecule has 0 aromatic rings. The van der Waals surface area contributed by atoms with E-state index in [4.69, 9.17) is 4.74 Å². The summed E-state index contributed by atoms with van der Waals surface area (Å²) < 4.78 is 5.06. The Labute approximate surface area is 148 Å². The van der Waals surface area contributed by atoms with Crippen LogP contribution in [0, 0.1) is 11.3 Å². The Morgan fingerprint density at radius 2 is 1.88 bits per heavy atom. The van der Waals surface area contributed by atoms with Crippen LogP contribution in [-0.4, -0.2) is 52.8 Å². The fraction of sp³-hybridized carbons (Fsp3) is 0.667. The standard InChI is InChI=1S/C18H27NO6/c1-12(2)8-9-14(20)25-11-18(3,4)15(21)16(22)19-10-6-5-7-13(19)17(23)24/h8-9,12-13H,5-7,10-11H2,1-4H3,(H,23,24)/b9-8-. The molecule has 140 valence electrons. The highest BCUT2D eigenvalue weighted by atomic mass is 16.5. The zero-order chi connectivity index (χ0) is 19.2. The van der Waals surface area contributed by atoms with Gasteiger partial charge in [0.05, 0.1) is 5.41 Å². The SMILES string of the molecule is CC(C)/C=C\C(=O)OCC(C)(C)C(=O)C(=O)N1CCCCC1C(=O)O. The van der Waals surface area contributed by atoms with E-state index in [1.807, 2.05) is 13.8 Å². The molecule has 1 rings (SSSR count). The van der Waals surface area contributed by atoms with Crippen LogP contribution in [0.4, 0.5) is 0 Å². The summed E-state index contributed by atoms with van der Waals surface area (Å²) in [5.74, 6) is -3.07. The van der Waals surface area contributed by atoms with Gasteiger partial charge in [0.15, 0.2) is 0 Å². The van der Waals surface area contributed by atoms with E-state index in [2.05, 4.69) is 0 Å². The van der Waals surface area contributed by atoms with Crippen molar-refractivity contribution >= 4 is 23.6 Å². The topological polar surface area (TPSA) is 101 Å². The zero-order valence-electron chi connectivity index (χ0n) is 15.3. The molecule has 0 aromatic heterocycles. The molecule has 0 aliphatic carbocycles. The van der Waals surface area contributed by atoms with Crippen molar-refractivity contribution in [3.05, 3.63) is 12.2 Å². The van der Waals surface area contributed by atoms with Crippen LogP contribution in [0.2, 0.25) is 0 Å². The lowest BCUT2D eigenvalue weighted by molar-refractivity contribution is -0.159. The van der Waals surface area contributed by atoms with Gasteiger partial charge >= 0.3 is 11.9 Å². The van der Waals surface area contributed by atoms with Crippen molar-refractivity contribution in [3.63, 3.8) is 0 Å². The van der Waals surface area contributed by atoms with Crippen molar-refractivity contribution in [1.82, 2.24) is 4.90 Å². The van der Waals surface area contributed by atoms with Crippen molar-refractivity contribution in [2.45, 2.75) is 53.0 Å². The predicted octanol–water partition coefficient (Wildman–Crippen LogP) is 1.80. The number of carbonyl (C=O) groups excluding carboxylic acids is 3. The molecule has 0 aromatic carbocycles. The largest absolute Gasteiger partial charge is 0.480 e. The molecule has 1 N–H and O–H groups in total. The van der Waals surface area contributed by atoms with Crippen molar-refractivity contribution < 1.29 is 29.0 Å². The summed E-state index contributed by atoms with van der Waals surface area (Å²) in [7, 11) is 0. The number of aliphatic carboxylic acids is 1. The Bertz CT molecular complexity index is 564. The van der Waals surface area contributed by atoms with Gasteiger partial charge in [-0.15, -0.1) is 0 Å². The maximum atomic E-state index is 12.5. The summed E-state index contributed by atoms with van der Waals surface area (Å²) >= 11 is 0. The molecule has 1 unspecified atom stereocenters. The molecular weight excluding hydrogens is 326 g/mol. The lowest BCUT2D eigenvalue weighted by Crippen LogP contribution is -2.53. The number of allylic oxidation sites excluding steroid dienone is 1. The van der Waals surface area contributed by atoms with E-state index in [0.29, 0.717) is 19.3 Å². The molecule has 7 heteroatoms. The van der Waals surface area contributed by atoms with Crippen LogP contribution in [0.1, 0.15) is 47.0 Å². The molecule has 0 radical (unpaired) electrons. The first-order chi connectivity index (χ1) is 11.6. The Balaban J connectivity index is 2.73. The molecule has 1 aliphatic heterocycles. The van der Waals surface area contributed by atoms with E-state index in [-0.39, 0.29) is 19.1 Å². The maximum absolute atomic E-state index is 12.5. The average Bonchev–Trinajstić information content (AvgIpc) is 2.56. The number of amides is 1. The minimum atomic E-state index is -1.22.